The van der Waals surface area contributed by atoms with Crippen molar-refractivity contribution in [1.29, 1.82) is 0 Å². The molecule has 0 fully saturated rings. The summed E-state index contributed by atoms with van der Waals surface area (Å²) in [7, 11) is 0. The Hall–Kier alpha value is -3.23. The number of hydrogen-bond acceptors (Lipinski definition) is 4. The number of aromatic nitrogens is 4. The van der Waals surface area contributed by atoms with Gasteiger partial charge in [-0.3, -0.25) is 24.3 Å². The van der Waals surface area contributed by atoms with E-state index in [2.05, 4.69) is 15.1 Å². The number of carbonyl (C=O) groups is 1. The number of alkyl halides is 3. The van der Waals surface area contributed by atoms with Gasteiger partial charge in [-0.05, 0) is 37.6 Å². The van der Waals surface area contributed by atoms with E-state index in [0.29, 0.717) is 16.9 Å². The lowest BCUT2D eigenvalue weighted by molar-refractivity contribution is -0.142. The zero-order valence-corrected chi connectivity index (χ0v) is 15.2. The van der Waals surface area contributed by atoms with Crippen LogP contribution in [0.4, 0.5) is 18.9 Å². The molecule has 0 saturated heterocycles. The van der Waals surface area contributed by atoms with Crippen molar-refractivity contribution in [3.8, 4) is 11.3 Å². The molecule has 144 valence electrons. The molecule has 1 amide bonds. The smallest absolute Gasteiger partial charge is 0.299 e. The summed E-state index contributed by atoms with van der Waals surface area (Å²) in [6.45, 7) is 2.69. The zero-order chi connectivity index (χ0) is 20.1. The summed E-state index contributed by atoms with van der Waals surface area (Å²) in [6, 6.07) is 5.59. The molecule has 0 atom stereocenters. The van der Waals surface area contributed by atoms with Gasteiger partial charge in [0.05, 0.1) is 35.4 Å². The SMILES string of the molecule is Cc1cc(-c2cc(C)c3c(n2)CN(c2cnn(CC(F)(F)F)c2)C3=O)ccn1. The van der Waals surface area contributed by atoms with Crippen LogP contribution in [0.15, 0.2) is 36.8 Å². The molecular weight excluding hydrogens is 371 g/mol. The zero-order valence-electron chi connectivity index (χ0n) is 15.2. The van der Waals surface area contributed by atoms with E-state index in [0.717, 1.165) is 27.2 Å². The van der Waals surface area contributed by atoms with Crippen molar-refractivity contribution in [3.05, 3.63) is 59.3 Å². The van der Waals surface area contributed by atoms with Gasteiger partial charge in [-0.15, -0.1) is 0 Å². The highest BCUT2D eigenvalue weighted by Crippen LogP contribution is 2.32. The van der Waals surface area contributed by atoms with Gasteiger partial charge in [-0.2, -0.15) is 18.3 Å². The van der Waals surface area contributed by atoms with Gasteiger partial charge in [-0.25, -0.2) is 0 Å². The molecule has 4 rings (SSSR count). The molecule has 28 heavy (non-hydrogen) atoms. The average molecular weight is 387 g/mol. The van der Waals surface area contributed by atoms with Gasteiger partial charge < -0.3 is 0 Å². The summed E-state index contributed by atoms with van der Waals surface area (Å²) in [4.78, 5) is 23.0. The second-order valence-electron chi connectivity index (χ2n) is 6.73. The number of fused-ring (bicyclic) bond motifs is 1. The largest absolute Gasteiger partial charge is 0.408 e. The Kier molecular flexibility index (Phi) is 4.17. The van der Waals surface area contributed by atoms with E-state index in [1.165, 1.54) is 17.3 Å². The number of hydrogen-bond donors (Lipinski definition) is 0. The van der Waals surface area contributed by atoms with Crippen LogP contribution in [0.5, 0.6) is 0 Å². The minimum Gasteiger partial charge on any atom is -0.299 e. The Morgan fingerprint density at radius 2 is 2.00 bits per heavy atom. The molecule has 0 bridgehead atoms. The van der Waals surface area contributed by atoms with Crippen LogP contribution in [-0.4, -0.2) is 31.8 Å². The van der Waals surface area contributed by atoms with Crippen LogP contribution in [-0.2, 0) is 13.1 Å². The van der Waals surface area contributed by atoms with Crippen LogP contribution in [0.1, 0.15) is 27.3 Å². The summed E-state index contributed by atoms with van der Waals surface area (Å²) in [6.07, 6.45) is -0.198. The molecule has 0 N–H and O–H groups in total. The van der Waals surface area contributed by atoms with E-state index in [-0.39, 0.29) is 12.5 Å². The average Bonchev–Trinajstić information content (AvgIpc) is 3.18. The third kappa shape index (κ3) is 3.35. The van der Waals surface area contributed by atoms with E-state index in [9.17, 15) is 18.0 Å². The number of halogens is 3. The maximum Gasteiger partial charge on any atom is 0.408 e. The first-order chi connectivity index (χ1) is 13.2. The van der Waals surface area contributed by atoms with Crippen molar-refractivity contribution in [2.24, 2.45) is 0 Å². The fourth-order valence-corrected chi connectivity index (χ4v) is 3.32. The Morgan fingerprint density at radius 1 is 1.21 bits per heavy atom. The Bertz CT molecular complexity index is 1070. The molecule has 0 saturated carbocycles. The van der Waals surface area contributed by atoms with Gasteiger partial charge in [0.15, 0.2) is 0 Å². The fraction of sp³-hybridized carbons (Fsp3) is 0.263. The number of anilines is 1. The lowest BCUT2D eigenvalue weighted by Crippen LogP contribution is -2.23. The molecule has 6 nitrogen and oxygen atoms in total. The molecule has 0 unspecified atom stereocenters. The summed E-state index contributed by atoms with van der Waals surface area (Å²) >= 11 is 0. The number of carbonyl (C=O) groups excluding carboxylic acids is 1. The molecule has 0 radical (unpaired) electrons. The van der Waals surface area contributed by atoms with Crippen LogP contribution in [0.3, 0.4) is 0 Å². The lowest BCUT2D eigenvalue weighted by atomic mass is 10.0. The predicted molar refractivity (Wildman–Crippen MR) is 95.7 cm³/mol. The van der Waals surface area contributed by atoms with E-state index < -0.39 is 12.7 Å². The monoisotopic (exact) mass is 387 g/mol. The summed E-state index contributed by atoms with van der Waals surface area (Å²) in [5, 5.41) is 3.72. The molecule has 1 aliphatic heterocycles. The Morgan fingerprint density at radius 3 is 2.71 bits per heavy atom. The minimum atomic E-state index is -4.38. The molecule has 9 heteroatoms. The maximum absolute atomic E-state index is 12.8. The van der Waals surface area contributed by atoms with Crippen molar-refractivity contribution in [3.63, 3.8) is 0 Å². The molecule has 4 heterocycles. The van der Waals surface area contributed by atoms with Crippen molar-refractivity contribution < 1.29 is 18.0 Å². The van der Waals surface area contributed by atoms with Gasteiger partial charge in [0, 0.05) is 23.7 Å². The lowest BCUT2D eigenvalue weighted by Gasteiger charge is -2.12. The van der Waals surface area contributed by atoms with Crippen LogP contribution in [0.2, 0.25) is 0 Å². The predicted octanol–water partition coefficient (Wildman–Crippen LogP) is 3.68. The van der Waals surface area contributed by atoms with Gasteiger partial charge in [-0.1, -0.05) is 0 Å². The third-order valence-corrected chi connectivity index (χ3v) is 4.52. The highest BCUT2D eigenvalue weighted by Gasteiger charge is 2.34. The molecule has 0 aliphatic carbocycles. The number of rotatable bonds is 3. The number of amides is 1. The van der Waals surface area contributed by atoms with Gasteiger partial charge in [0.2, 0.25) is 0 Å². The van der Waals surface area contributed by atoms with E-state index in [4.69, 9.17) is 0 Å². The number of pyridine rings is 2. The third-order valence-electron chi connectivity index (χ3n) is 4.52. The molecule has 3 aromatic rings. The highest BCUT2D eigenvalue weighted by atomic mass is 19.4. The maximum atomic E-state index is 12.8. The molecule has 0 aromatic carbocycles. The summed E-state index contributed by atoms with van der Waals surface area (Å²) in [5.41, 5.74) is 4.63. The molecule has 3 aromatic heterocycles. The van der Waals surface area contributed by atoms with Gasteiger partial charge in [0.25, 0.3) is 5.91 Å². The van der Waals surface area contributed by atoms with E-state index in [1.807, 2.05) is 32.0 Å². The van der Waals surface area contributed by atoms with Crippen LogP contribution in [0.25, 0.3) is 11.3 Å². The summed E-state index contributed by atoms with van der Waals surface area (Å²) in [5.74, 6) is -0.288. The normalized spacial score (nSPS) is 13.9. The first-order valence-corrected chi connectivity index (χ1v) is 8.56. The Labute approximate surface area is 158 Å². The fourth-order valence-electron chi connectivity index (χ4n) is 3.32. The van der Waals surface area contributed by atoms with E-state index in [1.54, 1.807) is 6.20 Å². The number of aryl methyl sites for hydroxylation is 2. The number of nitrogens with zero attached hydrogens (tertiary/aromatic N) is 5. The van der Waals surface area contributed by atoms with Crippen molar-refractivity contribution >= 4 is 11.6 Å². The van der Waals surface area contributed by atoms with Crippen LogP contribution in [0, 0.1) is 13.8 Å². The quantitative estimate of drug-likeness (QED) is 0.688. The molecular formula is C19H16F3N5O. The van der Waals surface area contributed by atoms with Crippen LogP contribution >= 0.6 is 0 Å². The first kappa shape index (κ1) is 18.1. The molecule has 0 spiro atoms. The van der Waals surface area contributed by atoms with Gasteiger partial charge in [0.1, 0.15) is 6.54 Å². The Balaban J connectivity index is 1.66. The van der Waals surface area contributed by atoms with Crippen molar-refractivity contribution in [1.82, 2.24) is 19.7 Å². The highest BCUT2D eigenvalue weighted by molar-refractivity contribution is 6.10. The van der Waals surface area contributed by atoms with E-state index >= 15 is 0 Å². The summed E-state index contributed by atoms with van der Waals surface area (Å²) < 4.78 is 38.4. The van der Waals surface area contributed by atoms with Crippen molar-refractivity contribution in [2.75, 3.05) is 4.90 Å². The molecule has 1 aliphatic rings. The van der Waals surface area contributed by atoms with Crippen LogP contribution < -0.4 is 4.90 Å². The van der Waals surface area contributed by atoms with Gasteiger partial charge >= 0.3 is 6.18 Å². The minimum absolute atomic E-state index is 0.185. The first-order valence-electron chi connectivity index (χ1n) is 8.56. The second kappa shape index (κ2) is 6.43. The standard InChI is InChI=1S/C19H16F3N5O/c1-11-5-15(13-3-4-23-12(2)6-13)25-16-9-27(18(28)17(11)16)14-7-24-26(8-14)10-19(20,21)22/h3-8H,9-10H2,1-2H3. The topological polar surface area (TPSA) is 63.9 Å². The van der Waals surface area contributed by atoms with Crippen molar-refractivity contribution in [2.45, 2.75) is 33.1 Å². The second-order valence-corrected chi connectivity index (χ2v) is 6.73.